The number of carboxylic acid groups (broad SMARTS) is 1. The van der Waals surface area contributed by atoms with Gasteiger partial charge < -0.3 is 10.4 Å². The van der Waals surface area contributed by atoms with Crippen molar-refractivity contribution in [2.24, 2.45) is 5.92 Å². The van der Waals surface area contributed by atoms with Gasteiger partial charge in [-0.3, -0.25) is 4.79 Å². The molecule has 88 valence electrons. The van der Waals surface area contributed by atoms with Crippen molar-refractivity contribution in [2.45, 2.75) is 38.6 Å². The minimum absolute atomic E-state index is 0.00130. The van der Waals surface area contributed by atoms with E-state index >= 15 is 0 Å². The van der Waals surface area contributed by atoms with Crippen molar-refractivity contribution in [3.8, 4) is 0 Å². The highest BCUT2D eigenvalue weighted by Gasteiger charge is 2.31. The largest absolute Gasteiger partial charge is 0.481 e. The molecule has 5 nitrogen and oxygen atoms in total. The summed E-state index contributed by atoms with van der Waals surface area (Å²) < 4.78 is 4.07. The van der Waals surface area contributed by atoms with Gasteiger partial charge in [0.05, 0.1) is 5.92 Å². The molecule has 1 fully saturated rings. The van der Waals surface area contributed by atoms with Crippen molar-refractivity contribution in [1.82, 2.24) is 9.36 Å². The molecule has 0 bridgehead atoms. The molecule has 1 heterocycles. The molecule has 1 aromatic rings. The van der Waals surface area contributed by atoms with Gasteiger partial charge in [0.1, 0.15) is 5.82 Å². The first kappa shape index (κ1) is 11.3. The first-order valence-corrected chi connectivity index (χ1v) is 6.24. The summed E-state index contributed by atoms with van der Waals surface area (Å²) in [5.41, 5.74) is 0. The average molecular weight is 241 g/mol. The van der Waals surface area contributed by atoms with Gasteiger partial charge in [0, 0.05) is 17.6 Å². The molecule has 1 aliphatic carbocycles. The summed E-state index contributed by atoms with van der Waals surface area (Å²) >= 11 is 1.29. The van der Waals surface area contributed by atoms with E-state index < -0.39 is 5.97 Å². The quantitative estimate of drug-likeness (QED) is 0.845. The molecule has 2 N–H and O–H groups in total. The van der Waals surface area contributed by atoms with E-state index in [0.717, 1.165) is 36.6 Å². The van der Waals surface area contributed by atoms with Gasteiger partial charge in [-0.2, -0.15) is 4.37 Å². The normalized spacial score (nSPS) is 25.3. The maximum Gasteiger partial charge on any atom is 0.308 e. The lowest BCUT2D eigenvalue weighted by Crippen LogP contribution is -2.37. The van der Waals surface area contributed by atoms with Crippen LogP contribution in [0.15, 0.2) is 0 Å². The lowest BCUT2D eigenvalue weighted by molar-refractivity contribution is -0.143. The molecule has 0 aromatic carbocycles. The van der Waals surface area contributed by atoms with E-state index in [-0.39, 0.29) is 12.0 Å². The van der Waals surface area contributed by atoms with Gasteiger partial charge in [0.2, 0.25) is 5.13 Å². The highest BCUT2D eigenvalue weighted by Crippen LogP contribution is 2.27. The van der Waals surface area contributed by atoms with Crippen LogP contribution in [-0.4, -0.2) is 26.5 Å². The van der Waals surface area contributed by atoms with Crippen LogP contribution in [0.3, 0.4) is 0 Å². The predicted octanol–water partition coefficient (Wildman–Crippen LogP) is 1.90. The van der Waals surface area contributed by atoms with Gasteiger partial charge in [-0.25, -0.2) is 4.98 Å². The Labute approximate surface area is 98.1 Å². The van der Waals surface area contributed by atoms with Crippen LogP contribution in [0.4, 0.5) is 5.13 Å². The fourth-order valence-corrected chi connectivity index (χ4v) is 2.75. The molecule has 0 saturated heterocycles. The lowest BCUT2D eigenvalue weighted by atomic mass is 9.85. The Morgan fingerprint density at radius 2 is 2.25 bits per heavy atom. The zero-order valence-corrected chi connectivity index (χ0v) is 9.96. The Bertz CT molecular complexity index is 380. The number of aromatic nitrogens is 2. The van der Waals surface area contributed by atoms with E-state index in [9.17, 15) is 4.79 Å². The number of anilines is 1. The van der Waals surface area contributed by atoms with Crippen molar-refractivity contribution in [2.75, 3.05) is 5.32 Å². The second-order valence-electron chi connectivity index (χ2n) is 4.13. The van der Waals surface area contributed by atoms with E-state index in [1.807, 2.05) is 6.92 Å². The smallest absolute Gasteiger partial charge is 0.308 e. The van der Waals surface area contributed by atoms with E-state index in [2.05, 4.69) is 14.7 Å². The molecule has 2 rings (SSSR count). The van der Waals surface area contributed by atoms with E-state index in [4.69, 9.17) is 5.11 Å². The number of aliphatic carboxylic acids is 1. The highest BCUT2D eigenvalue weighted by atomic mass is 32.1. The van der Waals surface area contributed by atoms with Crippen molar-refractivity contribution < 1.29 is 9.90 Å². The molecule has 6 heteroatoms. The predicted molar refractivity (Wildman–Crippen MR) is 61.7 cm³/mol. The highest BCUT2D eigenvalue weighted by molar-refractivity contribution is 7.09. The second kappa shape index (κ2) is 4.78. The molecular formula is C10H15N3O2S. The minimum Gasteiger partial charge on any atom is -0.481 e. The SMILES string of the molecule is Cc1nsc(NC2CCCCC2C(=O)O)n1. The number of nitrogens with one attached hydrogen (secondary N) is 1. The standard InChI is InChI=1S/C10H15N3O2S/c1-6-11-10(16-13-6)12-8-5-3-2-4-7(8)9(14)15/h7-8H,2-5H2,1H3,(H,14,15)(H,11,12,13). The van der Waals surface area contributed by atoms with Gasteiger partial charge in [0.15, 0.2) is 0 Å². The molecule has 1 aliphatic rings. The minimum atomic E-state index is -0.710. The summed E-state index contributed by atoms with van der Waals surface area (Å²) in [5, 5.41) is 13.0. The molecule has 2 atom stereocenters. The first-order valence-electron chi connectivity index (χ1n) is 5.46. The molecule has 0 amide bonds. The molecule has 0 spiro atoms. The third-order valence-corrected chi connectivity index (χ3v) is 3.66. The Morgan fingerprint density at radius 1 is 1.50 bits per heavy atom. The lowest BCUT2D eigenvalue weighted by Gasteiger charge is -2.28. The molecule has 0 radical (unpaired) electrons. The average Bonchev–Trinajstić information content (AvgIpc) is 2.64. The molecule has 16 heavy (non-hydrogen) atoms. The third-order valence-electron chi connectivity index (χ3n) is 2.92. The number of rotatable bonds is 3. The zero-order valence-electron chi connectivity index (χ0n) is 9.14. The van der Waals surface area contributed by atoms with Gasteiger partial charge in [0.25, 0.3) is 0 Å². The van der Waals surface area contributed by atoms with Crippen molar-refractivity contribution in [3.63, 3.8) is 0 Å². The summed E-state index contributed by atoms with van der Waals surface area (Å²) in [4.78, 5) is 15.3. The Morgan fingerprint density at radius 3 is 2.88 bits per heavy atom. The molecule has 2 unspecified atom stereocenters. The Balaban J connectivity index is 2.03. The molecular weight excluding hydrogens is 226 g/mol. The van der Waals surface area contributed by atoms with Crippen molar-refractivity contribution >= 4 is 22.6 Å². The fourth-order valence-electron chi connectivity index (χ4n) is 2.11. The fraction of sp³-hybridized carbons (Fsp3) is 0.700. The molecule has 1 aromatic heterocycles. The van der Waals surface area contributed by atoms with E-state index in [1.54, 1.807) is 0 Å². The maximum absolute atomic E-state index is 11.1. The van der Waals surface area contributed by atoms with E-state index in [1.165, 1.54) is 11.5 Å². The zero-order chi connectivity index (χ0) is 11.5. The van der Waals surface area contributed by atoms with Crippen LogP contribution in [-0.2, 0) is 4.79 Å². The molecule has 0 aliphatic heterocycles. The van der Waals surface area contributed by atoms with Crippen molar-refractivity contribution in [1.29, 1.82) is 0 Å². The number of carboxylic acids is 1. The van der Waals surface area contributed by atoms with E-state index in [0.29, 0.717) is 0 Å². The Hall–Kier alpha value is -1.17. The number of hydrogen-bond donors (Lipinski definition) is 2. The van der Waals surface area contributed by atoms with Crippen LogP contribution in [0.5, 0.6) is 0 Å². The van der Waals surface area contributed by atoms with Gasteiger partial charge in [-0.05, 0) is 19.8 Å². The summed E-state index contributed by atoms with van der Waals surface area (Å²) in [6.45, 7) is 1.83. The maximum atomic E-state index is 11.1. The topological polar surface area (TPSA) is 75.1 Å². The number of hydrogen-bond acceptors (Lipinski definition) is 5. The van der Waals surface area contributed by atoms with Crippen LogP contribution in [0.25, 0.3) is 0 Å². The van der Waals surface area contributed by atoms with Gasteiger partial charge in [-0.15, -0.1) is 0 Å². The van der Waals surface area contributed by atoms with Crippen LogP contribution < -0.4 is 5.32 Å². The van der Waals surface area contributed by atoms with Crippen molar-refractivity contribution in [3.05, 3.63) is 5.82 Å². The second-order valence-corrected chi connectivity index (χ2v) is 4.88. The van der Waals surface area contributed by atoms with Crippen LogP contribution >= 0.6 is 11.5 Å². The van der Waals surface area contributed by atoms with Crippen LogP contribution in [0.2, 0.25) is 0 Å². The third kappa shape index (κ3) is 2.49. The summed E-state index contributed by atoms with van der Waals surface area (Å²) in [7, 11) is 0. The first-order chi connectivity index (χ1) is 7.66. The molecule has 1 saturated carbocycles. The summed E-state index contributed by atoms with van der Waals surface area (Å²) in [5.74, 6) is -0.272. The number of aryl methyl sites for hydroxylation is 1. The number of nitrogens with zero attached hydrogens (tertiary/aromatic N) is 2. The monoisotopic (exact) mass is 241 g/mol. The number of carbonyl (C=O) groups is 1. The van der Waals surface area contributed by atoms with Crippen LogP contribution in [0, 0.1) is 12.8 Å². The Kier molecular flexibility index (Phi) is 3.38. The summed E-state index contributed by atoms with van der Waals surface area (Å²) in [6.07, 6.45) is 3.74. The van der Waals surface area contributed by atoms with Gasteiger partial charge >= 0.3 is 5.97 Å². The van der Waals surface area contributed by atoms with Crippen LogP contribution in [0.1, 0.15) is 31.5 Å². The summed E-state index contributed by atoms with van der Waals surface area (Å²) in [6, 6.07) is -0.00130. The van der Waals surface area contributed by atoms with Gasteiger partial charge in [-0.1, -0.05) is 12.8 Å².